The second-order valence-corrected chi connectivity index (χ2v) is 7.56. The maximum Gasteiger partial charge on any atom is 0.249 e. The number of carbonyl (C=O) groups excluding carboxylic acids is 3. The molecule has 8 nitrogen and oxygen atoms in total. The van der Waals surface area contributed by atoms with Crippen LogP contribution in [0.25, 0.3) is 0 Å². The fourth-order valence-electron chi connectivity index (χ4n) is 3.05. The number of aliphatic hydroxyl groups excluding tert-OH is 1. The summed E-state index contributed by atoms with van der Waals surface area (Å²) in [5, 5.41) is 12.7. The Hall–Kier alpha value is -2.45. The highest BCUT2D eigenvalue weighted by atomic mass is 16.5. The molecule has 1 aromatic rings. The quantitative estimate of drug-likeness (QED) is 0.723. The molecule has 1 heterocycles. The van der Waals surface area contributed by atoms with E-state index in [0.717, 1.165) is 5.56 Å². The molecule has 0 spiro atoms. The first-order valence-corrected chi connectivity index (χ1v) is 9.34. The maximum absolute atomic E-state index is 12.2. The van der Waals surface area contributed by atoms with Crippen LogP contribution < -0.4 is 5.32 Å². The zero-order chi connectivity index (χ0) is 20.8. The molecular formula is C20H29N3O5. The van der Waals surface area contributed by atoms with Crippen LogP contribution in [0.4, 0.5) is 5.69 Å². The zero-order valence-electron chi connectivity index (χ0n) is 16.8. The molecule has 0 radical (unpaired) electrons. The second kappa shape index (κ2) is 9.66. The van der Waals surface area contributed by atoms with E-state index in [2.05, 4.69) is 5.32 Å². The summed E-state index contributed by atoms with van der Waals surface area (Å²) in [4.78, 5) is 39.0. The van der Waals surface area contributed by atoms with Crippen molar-refractivity contribution in [2.45, 2.75) is 32.4 Å². The lowest BCUT2D eigenvalue weighted by Gasteiger charge is -2.40. The van der Waals surface area contributed by atoms with Gasteiger partial charge in [-0.3, -0.25) is 14.4 Å². The van der Waals surface area contributed by atoms with Crippen molar-refractivity contribution in [1.29, 1.82) is 0 Å². The molecule has 0 aromatic heterocycles. The maximum atomic E-state index is 12.2. The SMILES string of the molecule is CC(C)CC(=O)Nc1ccc([C@H]2OCC(=O)N(CC(=O)N(C)C)[C@@H]2CO)cc1. The lowest BCUT2D eigenvalue weighted by atomic mass is 9.99. The molecule has 154 valence electrons. The van der Waals surface area contributed by atoms with Crippen LogP contribution in [0, 0.1) is 5.92 Å². The van der Waals surface area contributed by atoms with Gasteiger partial charge in [-0.1, -0.05) is 26.0 Å². The molecular weight excluding hydrogens is 362 g/mol. The Morgan fingerprint density at radius 2 is 1.93 bits per heavy atom. The summed E-state index contributed by atoms with van der Waals surface area (Å²) >= 11 is 0. The first kappa shape index (κ1) is 21.8. The third-order valence-electron chi connectivity index (χ3n) is 4.56. The average Bonchev–Trinajstić information content (AvgIpc) is 2.63. The summed E-state index contributed by atoms with van der Waals surface area (Å²) in [5.41, 5.74) is 1.43. The average molecular weight is 391 g/mol. The molecule has 1 saturated heterocycles. The van der Waals surface area contributed by atoms with Crippen LogP contribution in [0.15, 0.2) is 24.3 Å². The molecule has 28 heavy (non-hydrogen) atoms. The Bertz CT molecular complexity index is 702. The topological polar surface area (TPSA) is 99.2 Å². The van der Waals surface area contributed by atoms with Crippen molar-refractivity contribution in [2.24, 2.45) is 5.92 Å². The van der Waals surface area contributed by atoms with Gasteiger partial charge in [0.25, 0.3) is 0 Å². The molecule has 3 amide bonds. The van der Waals surface area contributed by atoms with Gasteiger partial charge in [-0.15, -0.1) is 0 Å². The van der Waals surface area contributed by atoms with Gasteiger partial charge in [0.1, 0.15) is 19.3 Å². The van der Waals surface area contributed by atoms with Crippen molar-refractivity contribution >= 4 is 23.4 Å². The third-order valence-corrected chi connectivity index (χ3v) is 4.56. The normalized spacial score (nSPS) is 19.6. The molecule has 0 bridgehead atoms. The highest BCUT2D eigenvalue weighted by molar-refractivity contribution is 5.90. The van der Waals surface area contributed by atoms with Gasteiger partial charge in [0.2, 0.25) is 17.7 Å². The van der Waals surface area contributed by atoms with Crippen LogP contribution in [-0.4, -0.2) is 72.5 Å². The number of hydrogen-bond acceptors (Lipinski definition) is 5. The molecule has 2 N–H and O–H groups in total. The summed E-state index contributed by atoms with van der Waals surface area (Å²) in [6.45, 7) is 3.36. The highest BCUT2D eigenvalue weighted by Gasteiger charge is 2.38. The minimum atomic E-state index is -0.661. The predicted octanol–water partition coefficient (Wildman–Crippen LogP) is 1.02. The Balaban J connectivity index is 2.13. The number of ether oxygens (including phenoxy) is 1. The fraction of sp³-hybridized carbons (Fsp3) is 0.550. The lowest BCUT2D eigenvalue weighted by Crippen LogP contribution is -2.55. The Morgan fingerprint density at radius 3 is 2.46 bits per heavy atom. The van der Waals surface area contributed by atoms with Crippen molar-refractivity contribution in [3.05, 3.63) is 29.8 Å². The van der Waals surface area contributed by atoms with Gasteiger partial charge in [-0.05, 0) is 23.6 Å². The molecule has 0 saturated carbocycles. The standard InChI is InChI=1S/C20H29N3O5/c1-13(2)9-17(25)21-15-7-5-14(6-8-15)20-16(11-24)23(19(27)12-28-20)10-18(26)22(3)4/h5-8,13,16,20,24H,9-12H2,1-4H3,(H,21,25)/t16-,20-/m1/s1. The van der Waals surface area contributed by atoms with Gasteiger partial charge in [0.15, 0.2) is 0 Å². The smallest absolute Gasteiger partial charge is 0.249 e. The lowest BCUT2D eigenvalue weighted by molar-refractivity contribution is -0.164. The molecule has 0 aliphatic carbocycles. The highest BCUT2D eigenvalue weighted by Crippen LogP contribution is 2.30. The van der Waals surface area contributed by atoms with E-state index in [9.17, 15) is 19.5 Å². The van der Waals surface area contributed by atoms with Crippen molar-refractivity contribution in [3.8, 4) is 0 Å². The van der Waals surface area contributed by atoms with Crippen LogP contribution in [0.5, 0.6) is 0 Å². The molecule has 2 rings (SSSR count). The van der Waals surface area contributed by atoms with Crippen LogP contribution in [0.3, 0.4) is 0 Å². The van der Waals surface area contributed by atoms with Gasteiger partial charge in [-0.2, -0.15) is 0 Å². The molecule has 1 aliphatic rings. The number of anilines is 1. The number of likely N-dealkylation sites (N-methyl/N-ethyl adjacent to an activating group) is 1. The molecule has 1 aliphatic heterocycles. The number of benzene rings is 1. The molecule has 0 unspecified atom stereocenters. The fourth-order valence-corrected chi connectivity index (χ4v) is 3.05. The Kier molecular flexibility index (Phi) is 7.53. The van der Waals surface area contributed by atoms with Crippen molar-refractivity contribution in [3.63, 3.8) is 0 Å². The zero-order valence-corrected chi connectivity index (χ0v) is 16.8. The number of hydrogen-bond donors (Lipinski definition) is 2. The van der Waals surface area contributed by atoms with Crippen molar-refractivity contribution in [1.82, 2.24) is 9.80 Å². The Morgan fingerprint density at radius 1 is 1.29 bits per heavy atom. The van der Waals surface area contributed by atoms with Crippen LogP contribution in [0.2, 0.25) is 0 Å². The van der Waals surface area contributed by atoms with Gasteiger partial charge in [-0.25, -0.2) is 0 Å². The first-order valence-electron chi connectivity index (χ1n) is 9.34. The van der Waals surface area contributed by atoms with Gasteiger partial charge < -0.3 is 25.0 Å². The molecule has 1 fully saturated rings. The monoisotopic (exact) mass is 391 g/mol. The van der Waals surface area contributed by atoms with Crippen LogP contribution >= 0.6 is 0 Å². The second-order valence-electron chi connectivity index (χ2n) is 7.56. The number of morpholine rings is 1. The summed E-state index contributed by atoms with van der Waals surface area (Å²) in [6, 6.07) is 6.44. The number of carbonyl (C=O) groups is 3. The number of nitrogens with zero attached hydrogens (tertiary/aromatic N) is 2. The first-order chi connectivity index (χ1) is 13.2. The minimum Gasteiger partial charge on any atom is -0.394 e. The summed E-state index contributed by atoms with van der Waals surface area (Å²) in [6.07, 6.45) is -0.116. The third kappa shape index (κ3) is 5.53. The van der Waals surface area contributed by atoms with Crippen molar-refractivity contribution < 1.29 is 24.2 Å². The van der Waals surface area contributed by atoms with E-state index in [0.29, 0.717) is 12.1 Å². The molecule has 2 atom stereocenters. The van der Waals surface area contributed by atoms with Gasteiger partial charge >= 0.3 is 0 Å². The van der Waals surface area contributed by atoms with Gasteiger partial charge in [0, 0.05) is 26.2 Å². The Labute approximate surface area is 165 Å². The number of amides is 3. The number of nitrogens with one attached hydrogen (secondary N) is 1. The van der Waals surface area contributed by atoms with E-state index in [1.807, 2.05) is 13.8 Å². The summed E-state index contributed by atoms with van der Waals surface area (Å²) < 4.78 is 5.66. The minimum absolute atomic E-state index is 0.0520. The predicted molar refractivity (Wildman–Crippen MR) is 105 cm³/mol. The largest absolute Gasteiger partial charge is 0.394 e. The van der Waals surface area contributed by atoms with E-state index in [4.69, 9.17) is 4.74 Å². The van der Waals surface area contributed by atoms with Crippen LogP contribution in [-0.2, 0) is 19.1 Å². The van der Waals surface area contributed by atoms with Gasteiger partial charge in [0.05, 0.1) is 12.6 Å². The number of rotatable bonds is 7. The van der Waals surface area contributed by atoms with E-state index >= 15 is 0 Å². The van der Waals surface area contributed by atoms with E-state index in [1.54, 1.807) is 38.4 Å². The molecule has 8 heteroatoms. The van der Waals surface area contributed by atoms with Crippen molar-refractivity contribution in [2.75, 3.05) is 39.2 Å². The van der Waals surface area contributed by atoms with E-state index < -0.39 is 12.1 Å². The van der Waals surface area contributed by atoms with E-state index in [-0.39, 0.29) is 43.4 Å². The summed E-state index contributed by atoms with van der Waals surface area (Å²) in [7, 11) is 3.23. The number of aliphatic hydroxyl groups is 1. The van der Waals surface area contributed by atoms with E-state index in [1.165, 1.54) is 9.80 Å². The van der Waals surface area contributed by atoms with Crippen LogP contribution in [0.1, 0.15) is 31.9 Å². The molecule has 1 aromatic carbocycles. The summed E-state index contributed by atoms with van der Waals surface area (Å²) in [5.74, 6) is -0.337.